The molecule has 0 aliphatic heterocycles. The van der Waals surface area contributed by atoms with Crippen LogP contribution in [0.5, 0.6) is 0 Å². The Bertz CT molecular complexity index is 795. The van der Waals surface area contributed by atoms with Gasteiger partial charge in [0.15, 0.2) is 0 Å². The second-order valence-corrected chi connectivity index (χ2v) is 6.74. The minimum absolute atomic E-state index is 0.0260. The van der Waals surface area contributed by atoms with Gasteiger partial charge in [-0.1, -0.05) is 34.1 Å². The van der Waals surface area contributed by atoms with Crippen LogP contribution in [0.2, 0.25) is 0 Å². The van der Waals surface area contributed by atoms with Crippen molar-refractivity contribution in [2.45, 2.75) is 11.8 Å². The minimum atomic E-state index is -3.79. The molecule has 102 valence electrons. The van der Waals surface area contributed by atoms with Gasteiger partial charge in [-0.05, 0) is 36.8 Å². The maximum absolute atomic E-state index is 12.4. The molecule has 0 bridgehead atoms. The van der Waals surface area contributed by atoms with E-state index in [0.29, 0.717) is 5.69 Å². The molecule has 4 nitrogen and oxygen atoms in total. The van der Waals surface area contributed by atoms with Gasteiger partial charge in [0.1, 0.15) is 11.0 Å². The summed E-state index contributed by atoms with van der Waals surface area (Å²) in [5, 5.41) is 9.00. The van der Waals surface area contributed by atoms with E-state index in [0.717, 1.165) is 10.0 Å². The smallest absolute Gasteiger partial charge is 0.263 e. The van der Waals surface area contributed by atoms with Crippen LogP contribution in [0.15, 0.2) is 51.8 Å². The van der Waals surface area contributed by atoms with Crippen LogP contribution in [-0.2, 0) is 10.0 Å². The monoisotopic (exact) mass is 350 g/mol. The van der Waals surface area contributed by atoms with Crippen molar-refractivity contribution in [3.8, 4) is 6.07 Å². The summed E-state index contributed by atoms with van der Waals surface area (Å²) < 4.78 is 28.0. The fraction of sp³-hybridized carbons (Fsp3) is 0.0714. The zero-order valence-corrected chi connectivity index (χ0v) is 13.0. The lowest BCUT2D eigenvalue weighted by atomic mass is 10.2. The summed E-state index contributed by atoms with van der Waals surface area (Å²) in [5.41, 5.74) is 1.39. The summed E-state index contributed by atoms with van der Waals surface area (Å²) in [6.07, 6.45) is 0. The van der Waals surface area contributed by atoms with Gasteiger partial charge in [-0.2, -0.15) is 5.26 Å². The Labute approximate surface area is 126 Å². The van der Waals surface area contributed by atoms with Gasteiger partial charge in [0, 0.05) is 4.47 Å². The van der Waals surface area contributed by atoms with Crippen LogP contribution in [0.4, 0.5) is 5.69 Å². The van der Waals surface area contributed by atoms with E-state index in [2.05, 4.69) is 20.7 Å². The molecule has 0 saturated heterocycles. The third-order valence-corrected chi connectivity index (χ3v) is 4.66. The molecule has 20 heavy (non-hydrogen) atoms. The lowest BCUT2D eigenvalue weighted by Gasteiger charge is -2.11. The van der Waals surface area contributed by atoms with E-state index in [-0.39, 0.29) is 10.5 Å². The summed E-state index contributed by atoms with van der Waals surface area (Å²) >= 11 is 3.30. The molecule has 0 spiro atoms. The molecule has 0 aliphatic carbocycles. The number of rotatable bonds is 3. The van der Waals surface area contributed by atoms with E-state index in [9.17, 15) is 8.42 Å². The Hall–Kier alpha value is -1.84. The number of aryl methyl sites for hydroxylation is 1. The first-order chi connectivity index (χ1) is 9.44. The van der Waals surface area contributed by atoms with Crippen LogP contribution in [-0.4, -0.2) is 8.42 Å². The Morgan fingerprint density at radius 1 is 1.20 bits per heavy atom. The van der Waals surface area contributed by atoms with Crippen molar-refractivity contribution in [2.75, 3.05) is 4.72 Å². The SMILES string of the molecule is Cc1ccc(Br)cc1NS(=O)(=O)c1ccccc1C#N. The maximum atomic E-state index is 12.4. The van der Waals surface area contributed by atoms with E-state index in [1.807, 2.05) is 12.1 Å². The van der Waals surface area contributed by atoms with Crippen molar-refractivity contribution in [3.63, 3.8) is 0 Å². The van der Waals surface area contributed by atoms with Crippen LogP contribution in [0.25, 0.3) is 0 Å². The molecule has 0 fully saturated rings. The van der Waals surface area contributed by atoms with E-state index >= 15 is 0 Å². The molecule has 0 radical (unpaired) electrons. The number of benzene rings is 2. The van der Waals surface area contributed by atoms with Gasteiger partial charge in [-0.15, -0.1) is 0 Å². The van der Waals surface area contributed by atoms with Crippen LogP contribution >= 0.6 is 15.9 Å². The van der Waals surface area contributed by atoms with Crippen molar-refractivity contribution in [2.24, 2.45) is 0 Å². The Morgan fingerprint density at radius 2 is 1.90 bits per heavy atom. The average molecular weight is 351 g/mol. The predicted octanol–water partition coefficient (Wildman–Crippen LogP) is 3.43. The Kier molecular flexibility index (Phi) is 4.12. The summed E-state index contributed by atoms with van der Waals surface area (Å²) in [6, 6.07) is 13.3. The third kappa shape index (κ3) is 3.00. The zero-order chi connectivity index (χ0) is 14.8. The van der Waals surface area contributed by atoms with Crippen LogP contribution in [0, 0.1) is 18.3 Å². The molecular weight excluding hydrogens is 340 g/mol. The quantitative estimate of drug-likeness (QED) is 0.921. The number of nitrogens with one attached hydrogen (secondary N) is 1. The number of nitrogens with zero attached hydrogens (tertiary/aromatic N) is 1. The van der Waals surface area contributed by atoms with Gasteiger partial charge < -0.3 is 0 Å². The summed E-state index contributed by atoms with van der Waals surface area (Å²) in [4.78, 5) is -0.0260. The van der Waals surface area contributed by atoms with Crippen LogP contribution in [0.3, 0.4) is 0 Å². The van der Waals surface area contributed by atoms with Gasteiger partial charge >= 0.3 is 0 Å². The highest BCUT2D eigenvalue weighted by atomic mass is 79.9. The standard InChI is InChI=1S/C14H11BrN2O2S/c1-10-6-7-12(15)8-13(10)17-20(18,19)14-5-3-2-4-11(14)9-16/h2-8,17H,1H3. The van der Waals surface area contributed by atoms with Crippen molar-refractivity contribution in [3.05, 3.63) is 58.1 Å². The topological polar surface area (TPSA) is 70.0 Å². The molecule has 0 unspecified atom stereocenters. The van der Waals surface area contributed by atoms with Gasteiger partial charge in [-0.3, -0.25) is 4.72 Å². The van der Waals surface area contributed by atoms with Crippen molar-refractivity contribution >= 4 is 31.6 Å². The molecule has 2 aromatic rings. The average Bonchev–Trinajstić information content (AvgIpc) is 2.42. The van der Waals surface area contributed by atoms with Crippen LogP contribution in [0.1, 0.15) is 11.1 Å². The first kappa shape index (κ1) is 14.6. The van der Waals surface area contributed by atoms with Crippen molar-refractivity contribution < 1.29 is 8.42 Å². The Balaban J connectivity index is 2.47. The Morgan fingerprint density at radius 3 is 2.60 bits per heavy atom. The van der Waals surface area contributed by atoms with E-state index < -0.39 is 10.0 Å². The zero-order valence-electron chi connectivity index (χ0n) is 10.6. The molecule has 0 heterocycles. The molecular formula is C14H11BrN2O2S. The number of hydrogen-bond donors (Lipinski definition) is 1. The van der Waals surface area contributed by atoms with Gasteiger partial charge in [0.2, 0.25) is 0 Å². The van der Waals surface area contributed by atoms with E-state index in [4.69, 9.17) is 5.26 Å². The fourth-order valence-corrected chi connectivity index (χ4v) is 3.34. The number of nitriles is 1. The highest BCUT2D eigenvalue weighted by Crippen LogP contribution is 2.24. The van der Waals surface area contributed by atoms with E-state index in [1.165, 1.54) is 12.1 Å². The number of hydrogen-bond acceptors (Lipinski definition) is 3. The van der Waals surface area contributed by atoms with Gasteiger partial charge in [0.25, 0.3) is 10.0 Å². The fourth-order valence-electron chi connectivity index (χ4n) is 1.70. The summed E-state index contributed by atoms with van der Waals surface area (Å²) in [5.74, 6) is 0. The molecule has 0 amide bonds. The molecule has 6 heteroatoms. The molecule has 2 aromatic carbocycles. The lowest BCUT2D eigenvalue weighted by molar-refractivity contribution is 0.601. The predicted molar refractivity (Wildman–Crippen MR) is 80.8 cm³/mol. The molecule has 0 atom stereocenters. The van der Waals surface area contributed by atoms with Gasteiger partial charge in [0.05, 0.1) is 11.3 Å². The van der Waals surface area contributed by atoms with Crippen molar-refractivity contribution in [1.82, 2.24) is 0 Å². The first-order valence-electron chi connectivity index (χ1n) is 5.72. The molecule has 0 saturated carbocycles. The molecule has 0 aromatic heterocycles. The largest absolute Gasteiger partial charge is 0.279 e. The molecule has 0 aliphatic rings. The molecule has 2 rings (SSSR count). The lowest BCUT2D eigenvalue weighted by Crippen LogP contribution is -2.15. The number of sulfonamides is 1. The summed E-state index contributed by atoms with van der Waals surface area (Å²) in [6.45, 7) is 1.81. The third-order valence-electron chi connectivity index (χ3n) is 2.74. The normalized spacial score (nSPS) is 10.8. The summed E-state index contributed by atoms with van der Waals surface area (Å²) in [7, 11) is -3.79. The van der Waals surface area contributed by atoms with Gasteiger partial charge in [-0.25, -0.2) is 8.42 Å². The van der Waals surface area contributed by atoms with Crippen LogP contribution < -0.4 is 4.72 Å². The number of halogens is 1. The minimum Gasteiger partial charge on any atom is -0.279 e. The van der Waals surface area contributed by atoms with E-state index in [1.54, 1.807) is 31.2 Å². The second kappa shape index (κ2) is 5.65. The second-order valence-electron chi connectivity index (χ2n) is 4.17. The number of anilines is 1. The van der Waals surface area contributed by atoms with Crippen molar-refractivity contribution in [1.29, 1.82) is 5.26 Å². The highest BCUT2D eigenvalue weighted by molar-refractivity contribution is 9.10. The highest BCUT2D eigenvalue weighted by Gasteiger charge is 2.19. The molecule has 1 N–H and O–H groups in total. The first-order valence-corrected chi connectivity index (χ1v) is 8.00. The maximum Gasteiger partial charge on any atom is 0.263 e.